The molecule has 0 atom stereocenters. The molecule has 0 bridgehead atoms. The van der Waals surface area contributed by atoms with Crippen molar-refractivity contribution in [2.24, 2.45) is 0 Å². The van der Waals surface area contributed by atoms with Crippen LogP contribution in [0.4, 0.5) is 4.39 Å². The molecule has 0 saturated heterocycles. The summed E-state index contributed by atoms with van der Waals surface area (Å²) in [5.74, 6) is -0.667. The standard InChI is InChI=1S/C14H9BrClFO/c15-11-5-1-3-9(7-11)13(18)8-10-4-2-6-12(16)14(10)17/h1-7H,8H2. The van der Waals surface area contributed by atoms with Gasteiger partial charge in [-0.1, -0.05) is 51.8 Å². The molecule has 2 aromatic rings. The third-order valence-corrected chi connectivity index (χ3v) is 3.31. The molecule has 0 aliphatic carbocycles. The molecule has 0 aromatic heterocycles. The van der Waals surface area contributed by atoms with Crippen molar-refractivity contribution >= 4 is 33.3 Å². The topological polar surface area (TPSA) is 17.1 Å². The molecule has 18 heavy (non-hydrogen) atoms. The number of Topliss-reactive ketones (excluding diaryl/α,β-unsaturated/α-hetero) is 1. The molecule has 0 fully saturated rings. The zero-order valence-electron chi connectivity index (χ0n) is 9.29. The molecule has 0 unspecified atom stereocenters. The molecule has 92 valence electrons. The fourth-order valence-corrected chi connectivity index (χ4v) is 2.22. The number of ketones is 1. The molecule has 2 rings (SSSR count). The van der Waals surface area contributed by atoms with Gasteiger partial charge in [-0.25, -0.2) is 4.39 Å². The second-order valence-corrected chi connectivity index (χ2v) is 5.15. The SMILES string of the molecule is O=C(Cc1cccc(Cl)c1F)c1cccc(Br)c1. The first-order valence-corrected chi connectivity index (χ1v) is 6.46. The maximum atomic E-state index is 13.7. The van der Waals surface area contributed by atoms with Crippen LogP contribution in [0.1, 0.15) is 15.9 Å². The van der Waals surface area contributed by atoms with E-state index in [1.807, 2.05) is 6.07 Å². The van der Waals surface area contributed by atoms with Crippen molar-refractivity contribution in [1.82, 2.24) is 0 Å². The molecule has 0 radical (unpaired) electrons. The van der Waals surface area contributed by atoms with Crippen LogP contribution in [0.2, 0.25) is 5.02 Å². The van der Waals surface area contributed by atoms with Gasteiger partial charge in [0.2, 0.25) is 0 Å². The van der Waals surface area contributed by atoms with E-state index in [-0.39, 0.29) is 17.2 Å². The predicted octanol–water partition coefficient (Wildman–Crippen LogP) is 4.67. The number of hydrogen-bond acceptors (Lipinski definition) is 1. The molecular weight excluding hydrogens is 319 g/mol. The van der Waals surface area contributed by atoms with Crippen molar-refractivity contribution < 1.29 is 9.18 Å². The lowest BCUT2D eigenvalue weighted by Gasteiger charge is -2.04. The van der Waals surface area contributed by atoms with Crippen molar-refractivity contribution in [1.29, 1.82) is 0 Å². The summed E-state index contributed by atoms with van der Waals surface area (Å²) in [5.41, 5.74) is 0.858. The van der Waals surface area contributed by atoms with Gasteiger partial charge in [-0.2, -0.15) is 0 Å². The summed E-state index contributed by atoms with van der Waals surface area (Å²) in [6.45, 7) is 0. The quantitative estimate of drug-likeness (QED) is 0.749. The van der Waals surface area contributed by atoms with Gasteiger partial charge in [0.1, 0.15) is 5.82 Å². The lowest BCUT2D eigenvalue weighted by Crippen LogP contribution is -2.05. The monoisotopic (exact) mass is 326 g/mol. The minimum Gasteiger partial charge on any atom is -0.294 e. The Hall–Kier alpha value is -1.19. The molecule has 0 aliphatic heterocycles. The molecule has 0 saturated carbocycles. The maximum Gasteiger partial charge on any atom is 0.167 e. The van der Waals surface area contributed by atoms with Crippen LogP contribution in [0.25, 0.3) is 0 Å². The molecule has 0 spiro atoms. The maximum absolute atomic E-state index is 13.7. The number of rotatable bonds is 3. The predicted molar refractivity (Wildman–Crippen MR) is 73.6 cm³/mol. The average Bonchev–Trinajstić information content (AvgIpc) is 2.35. The zero-order valence-corrected chi connectivity index (χ0v) is 11.6. The Morgan fingerprint density at radius 2 is 1.94 bits per heavy atom. The van der Waals surface area contributed by atoms with Gasteiger partial charge >= 0.3 is 0 Å². The second-order valence-electron chi connectivity index (χ2n) is 3.82. The Kier molecular flexibility index (Phi) is 4.15. The smallest absolute Gasteiger partial charge is 0.167 e. The summed E-state index contributed by atoms with van der Waals surface area (Å²) in [5, 5.41) is 0.0366. The molecule has 4 heteroatoms. The highest BCUT2D eigenvalue weighted by Crippen LogP contribution is 2.20. The highest BCUT2D eigenvalue weighted by Gasteiger charge is 2.12. The molecule has 0 aliphatic rings. The molecule has 1 nitrogen and oxygen atoms in total. The first-order chi connectivity index (χ1) is 8.58. The number of carbonyl (C=O) groups excluding carboxylic acids is 1. The minimum absolute atomic E-state index is 0.00282. The Labute approximate surface area is 118 Å². The van der Waals surface area contributed by atoms with Crippen LogP contribution in [0, 0.1) is 5.82 Å². The fourth-order valence-electron chi connectivity index (χ4n) is 1.62. The normalized spacial score (nSPS) is 10.4. The van der Waals surface area contributed by atoms with Gasteiger partial charge in [-0.05, 0) is 23.8 Å². The largest absolute Gasteiger partial charge is 0.294 e. The molecule has 0 N–H and O–H groups in total. The molecule has 0 amide bonds. The minimum atomic E-state index is -0.525. The Bertz CT molecular complexity index is 598. The first kappa shape index (κ1) is 13.2. The van der Waals surface area contributed by atoms with Crippen LogP contribution in [-0.2, 0) is 6.42 Å². The highest BCUT2D eigenvalue weighted by atomic mass is 79.9. The van der Waals surface area contributed by atoms with Crippen LogP contribution < -0.4 is 0 Å². The van der Waals surface area contributed by atoms with E-state index < -0.39 is 5.82 Å². The summed E-state index contributed by atoms with van der Waals surface area (Å²) in [7, 11) is 0. The van der Waals surface area contributed by atoms with Gasteiger partial charge in [0.15, 0.2) is 5.78 Å². The number of halogens is 3. The Morgan fingerprint density at radius 1 is 1.22 bits per heavy atom. The molecule has 2 aromatic carbocycles. The van der Waals surface area contributed by atoms with Crippen LogP contribution >= 0.6 is 27.5 Å². The summed E-state index contributed by atoms with van der Waals surface area (Å²) >= 11 is 8.97. The van der Waals surface area contributed by atoms with Crippen LogP contribution in [-0.4, -0.2) is 5.78 Å². The summed E-state index contributed by atoms with van der Waals surface area (Å²) in [6.07, 6.45) is 0.00282. The summed E-state index contributed by atoms with van der Waals surface area (Å²) < 4.78 is 14.5. The van der Waals surface area contributed by atoms with Crippen molar-refractivity contribution in [3.8, 4) is 0 Å². The lowest BCUT2D eigenvalue weighted by atomic mass is 10.0. The van der Waals surface area contributed by atoms with E-state index in [1.54, 1.807) is 30.3 Å². The van der Waals surface area contributed by atoms with Crippen LogP contribution in [0.5, 0.6) is 0 Å². The van der Waals surface area contributed by atoms with Crippen molar-refractivity contribution in [3.63, 3.8) is 0 Å². The summed E-state index contributed by atoms with van der Waals surface area (Å²) in [4.78, 5) is 12.0. The Morgan fingerprint density at radius 3 is 2.67 bits per heavy atom. The van der Waals surface area contributed by atoms with Crippen LogP contribution in [0.3, 0.4) is 0 Å². The zero-order chi connectivity index (χ0) is 13.1. The summed E-state index contributed by atoms with van der Waals surface area (Å²) in [6, 6.07) is 11.7. The van der Waals surface area contributed by atoms with Gasteiger partial charge in [0.25, 0.3) is 0 Å². The van der Waals surface area contributed by atoms with Crippen molar-refractivity contribution in [2.45, 2.75) is 6.42 Å². The molecule has 0 heterocycles. The fraction of sp³-hybridized carbons (Fsp3) is 0.0714. The number of hydrogen-bond donors (Lipinski definition) is 0. The van der Waals surface area contributed by atoms with E-state index in [4.69, 9.17) is 11.6 Å². The second kappa shape index (κ2) is 5.63. The van der Waals surface area contributed by atoms with Gasteiger partial charge in [-0.3, -0.25) is 4.79 Å². The van der Waals surface area contributed by atoms with Crippen LogP contribution in [0.15, 0.2) is 46.9 Å². The number of benzene rings is 2. The van der Waals surface area contributed by atoms with E-state index in [9.17, 15) is 9.18 Å². The van der Waals surface area contributed by atoms with Gasteiger partial charge in [0, 0.05) is 16.5 Å². The Balaban J connectivity index is 2.24. The van der Waals surface area contributed by atoms with E-state index in [2.05, 4.69) is 15.9 Å². The van der Waals surface area contributed by atoms with Crippen molar-refractivity contribution in [2.75, 3.05) is 0 Å². The highest BCUT2D eigenvalue weighted by molar-refractivity contribution is 9.10. The van der Waals surface area contributed by atoms with Gasteiger partial charge in [0.05, 0.1) is 5.02 Å². The number of carbonyl (C=O) groups is 1. The molecular formula is C14H9BrClFO. The van der Waals surface area contributed by atoms with Crippen molar-refractivity contribution in [3.05, 3.63) is 68.9 Å². The lowest BCUT2D eigenvalue weighted by molar-refractivity contribution is 0.0992. The first-order valence-electron chi connectivity index (χ1n) is 5.29. The van der Waals surface area contributed by atoms with E-state index in [1.165, 1.54) is 6.07 Å². The third kappa shape index (κ3) is 2.98. The van der Waals surface area contributed by atoms with E-state index in [0.29, 0.717) is 11.1 Å². The third-order valence-electron chi connectivity index (χ3n) is 2.53. The van der Waals surface area contributed by atoms with E-state index in [0.717, 1.165) is 4.47 Å². The average molecular weight is 328 g/mol. The van der Waals surface area contributed by atoms with Gasteiger partial charge < -0.3 is 0 Å². The van der Waals surface area contributed by atoms with E-state index >= 15 is 0 Å². The van der Waals surface area contributed by atoms with Gasteiger partial charge in [-0.15, -0.1) is 0 Å².